The number of hydrogen-bond donors (Lipinski definition) is 2. The predicted octanol–water partition coefficient (Wildman–Crippen LogP) is 5.15. The van der Waals surface area contributed by atoms with Crippen molar-refractivity contribution in [3.63, 3.8) is 0 Å². The van der Waals surface area contributed by atoms with Crippen LogP contribution in [0.1, 0.15) is 45.7 Å². The quantitative estimate of drug-likeness (QED) is 0.663. The fraction of sp³-hybridized carbons (Fsp3) is 0.348. The summed E-state index contributed by atoms with van der Waals surface area (Å²) in [7, 11) is 0. The molecule has 0 saturated heterocycles. The largest absolute Gasteiger partial charge is 0.489 e. The first-order valence-electron chi connectivity index (χ1n) is 9.22. The molecule has 2 rings (SSSR count). The van der Waals surface area contributed by atoms with Gasteiger partial charge in [-0.3, -0.25) is 0 Å². The molecule has 0 atom stereocenters. The number of carbonyl (C=O) groups is 1. The van der Waals surface area contributed by atoms with Gasteiger partial charge in [0.1, 0.15) is 12.4 Å². The Bertz CT molecular complexity index is 698. The van der Waals surface area contributed by atoms with Crippen molar-refractivity contribution in [2.45, 2.75) is 53.3 Å². The number of benzene rings is 2. The summed E-state index contributed by atoms with van der Waals surface area (Å²) in [6, 6.07) is 18.5. The summed E-state index contributed by atoms with van der Waals surface area (Å²) in [6.07, 6.45) is 1.63. The number of carboxylic acid groups (broad SMARTS) is 1. The Hall–Kier alpha value is -2.59. The van der Waals surface area contributed by atoms with Crippen LogP contribution in [0.2, 0.25) is 0 Å². The SMILES string of the molecule is CC(=Cc1ccc(OCc2ccccc2)cc1)C(=O)O.CC(C)NC(C)C. The molecule has 0 spiro atoms. The highest BCUT2D eigenvalue weighted by molar-refractivity contribution is 5.91. The van der Waals surface area contributed by atoms with Crippen LogP contribution in [-0.2, 0) is 11.4 Å². The summed E-state index contributed by atoms with van der Waals surface area (Å²) in [5, 5.41) is 12.1. The fourth-order valence-corrected chi connectivity index (χ4v) is 2.38. The molecule has 2 N–H and O–H groups in total. The van der Waals surface area contributed by atoms with Gasteiger partial charge in [-0.2, -0.15) is 0 Å². The molecule has 0 aliphatic carbocycles. The predicted molar refractivity (Wildman–Crippen MR) is 112 cm³/mol. The molecule has 0 bridgehead atoms. The number of rotatable bonds is 7. The molecule has 146 valence electrons. The number of ether oxygens (including phenoxy) is 1. The van der Waals surface area contributed by atoms with E-state index in [1.54, 1.807) is 13.0 Å². The minimum Gasteiger partial charge on any atom is -0.489 e. The van der Waals surface area contributed by atoms with Crippen LogP contribution >= 0.6 is 0 Å². The maximum absolute atomic E-state index is 10.7. The minimum absolute atomic E-state index is 0.308. The van der Waals surface area contributed by atoms with Crippen LogP contribution in [0.15, 0.2) is 60.2 Å². The van der Waals surface area contributed by atoms with Gasteiger partial charge in [0, 0.05) is 17.7 Å². The molecule has 0 radical (unpaired) electrons. The standard InChI is InChI=1S/C17H16O3.C6H15N/c1-13(17(18)19)11-14-7-9-16(10-8-14)20-12-15-5-3-2-4-6-15;1-5(2)7-6(3)4/h2-11H,12H2,1H3,(H,18,19);5-7H,1-4H3. The molecule has 4 heteroatoms. The van der Waals surface area contributed by atoms with E-state index in [-0.39, 0.29) is 0 Å². The van der Waals surface area contributed by atoms with E-state index in [1.807, 2.05) is 54.6 Å². The van der Waals surface area contributed by atoms with Crippen molar-refractivity contribution < 1.29 is 14.6 Å². The second kappa shape index (κ2) is 11.9. The van der Waals surface area contributed by atoms with Crippen LogP contribution in [0.3, 0.4) is 0 Å². The molecule has 0 amide bonds. The summed E-state index contributed by atoms with van der Waals surface area (Å²) in [5.41, 5.74) is 2.26. The van der Waals surface area contributed by atoms with Crippen LogP contribution < -0.4 is 10.1 Å². The second-order valence-corrected chi connectivity index (χ2v) is 6.95. The highest BCUT2D eigenvalue weighted by atomic mass is 16.5. The molecule has 2 aromatic rings. The third-order valence-electron chi connectivity index (χ3n) is 3.52. The van der Waals surface area contributed by atoms with Gasteiger partial charge in [0.05, 0.1) is 0 Å². The number of hydrogen-bond acceptors (Lipinski definition) is 3. The molecular weight excluding hydrogens is 338 g/mol. The molecule has 27 heavy (non-hydrogen) atoms. The zero-order valence-electron chi connectivity index (χ0n) is 16.9. The Labute approximate surface area is 162 Å². The zero-order valence-corrected chi connectivity index (χ0v) is 16.9. The zero-order chi connectivity index (χ0) is 20.2. The molecule has 0 saturated carbocycles. The van der Waals surface area contributed by atoms with E-state index in [0.717, 1.165) is 16.9 Å². The normalized spacial score (nSPS) is 11.1. The van der Waals surface area contributed by atoms with E-state index in [2.05, 4.69) is 33.0 Å². The molecule has 0 aliphatic heterocycles. The van der Waals surface area contributed by atoms with Gasteiger partial charge in [0.2, 0.25) is 0 Å². The van der Waals surface area contributed by atoms with E-state index in [4.69, 9.17) is 9.84 Å². The Kier molecular flexibility index (Phi) is 9.91. The maximum atomic E-state index is 10.7. The Morgan fingerprint density at radius 1 is 1.00 bits per heavy atom. The van der Waals surface area contributed by atoms with Gasteiger partial charge in [-0.15, -0.1) is 0 Å². The minimum atomic E-state index is -0.908. The molecule has 0 aromatic heterocycles. The van der Waals surface area contributed by atoms with Gasteiger partial charge in [0.25, 0.3) is 0 Å². The van der Waals surface area contributed by atoms with Gasteiger partial charge in [-0.25, -0.2) is 4.79 Å². The van der Waals surface area contributed by atoms with Gasteiger partial charge >= 0.3 is 5.97 Å². The summed E-state index contributed by atoms with van der Waals surface area (Å²) in [5.74, 6) is -0.145. The molecule has 4 nitrogen and oxygen atoms in total. The second-order valence-electron chi connectivity index (χ2n) is 6.95. The van der Waals surface area contributed by atoms with Gasteiger partial charge in [-0.1, -0.05) is 70.2 Å². The average Bonchev–Trinajstić information content (AvgIpc) is 2.61. The lowest BCUT2D eigenvalue weighted by atomic mass is 10.1. The lowest BCUT2D eigenvalue weighted by molar-refractivity contribution is -0.132. The third-order valence-corrected chi connectivity index (χ3v) is 3.52. The summed E-state index contributed by atoms with van der Waals surface area (Å²) in [4.78, 5) is 10.7. The number of aliphatic carboxylic acids is 1. The first kappa shape index (κ1) is 22.5. The van der Waals surface area contributed by atoms with E-state index < -0.39 is 5.97 Å². The van der Waals surface area contributed by atoms with Crippen LogP contribution in [0.4, 0.5) is 0 Å². The van der Waals surface area contributed by atoms with Crippen molar-refractivity contribution in [3.8, 4) is 5.75 Å². The average molecular weight is 370 g/mol. The summed E-state index contributed by atoms with van der Waals surface area (Å²) in [6.45, 7) is 10.7. The van der Waals surface area contributed by atoms with Crippen LogP contribution in [0.25, 0.3) is 6.08 Å². The fourth-order valence-electron chi connectivity index (χ4n) is 2.38. The van der Waals surface area contributed by atoms with E-state index in [9.17, 15) is 4.79 Å². The Morgan fingerprint density at radius 3 is 2.00 bits per heavy atom. The molecule has 2 aromatic carbocycles. The van der Waals surface area contributed by atoms with Crippen LogP contribution in [0, 0.1) is 0 Å². The monoisotopic (exact) mass is 369 g/mol. The van der Waals surface area contributed by atoms with Crippen LogP contribution in [0.5, 0.6) is 5.75 Å². The highest BCUT2D eigenvalue weighted by Crippen LogP contribution is 2.16. The van der Waals surface area contributed by atoms with E-state index >= 15 is 0 Å². The molecule has 0 heterocycles. The topological polar surface area (TPSA) is 58.6 Å². The molecule has 0 fully saturated rings. The van der Waals surface area contributed by atoms with Gasteiger partial charge in [0.15, 0.2) is 0 Å². The lowest BCUT2D eigenvalue weighted by Crippen LogP contribution is -2.29. The molecular formula is C23H31NO3. The van der Waals surface area contributed by atoms with Crippen molar-refractivity contribution in [1.29, 1.82) is 0 Å². The Balaban J connectivity index is 0.000000445. The number of nitrogens with one attached hydrogen (secondary N) is 1. The van der Waals surface area contributed by atoms with Crippen molar-refractivity contribution >= 4 is 12.0 Å². The summed E-state index contributed by atoms with van der Waals surface area (Å²) < 4.78 is 5.66. The summed E-state index contributed by atoms with van der Waals surface area (Å²) >= 11 is 0. The van der Waals surface area contributed by atoms with Crippen molar-refractivity contribution in [2.75, 3.05) is 0 Å². The number of carboxylic acids is 1. The van der Waals surface area contributed by atoms with Gasteiger partial charge < -0.3 is 15.2 Å². The third kappa shape index (κ3) is 10.2. The lowest BCUT2D eigenvalue weighted by Gasteiger charge is -2.10. The Morgan fingerprint density at radius 2 is 1.56 bits per heavy atom. The first-order chi connectivity index (χ1) is 12.8. The smallest absolute Gasteiger partial charge is 0.331 e. The highest BCUT2D eigenvalue weighted by Gasteiger charge is 2.00. The molecule has 0 aliphatic rings. The van der Waals surface area contributed by atoms with E-state index in [1.165, 1.54) is 0 Å². The molecule has 0 unspecified atom stereocenters. The first-order valence-corrected chi connectivity index (χ1v) is 9.22. The van der Waals surface area contributed by atoms with E-state index in [0.29, 0.717) is 24.3 Å². The van der Waals surface area contributed by atoms with Crippen molar-refractivity contribution in [2.24, 2.45) is 0 Å². The van der Waals surface area contributed by atoms with Crippen molar-refractivity contribution in [3.05, 3.63) is 71.3 Å². The van der Waals surface area contributed by atoms with Crippen LogP contribution in [-0.4, -0.2) is 23.2 Å². The van der Waals surface area contributed by atoms with Gasteiger partial charge in [-0.05, 0) is 36.3 Å². The maximum Gasteiger partial charge on any atom is 0.331 e. The van der Waals surface area contributed by atoms with Crippen molar-refractivity contribution in [1.82, 2.24) is 5.32 Å².